The summed E-state index contributed by atoms with van der Waals surface area (Å²) in [6.07, 6.45) is 1.85. The van der Waals surface area contributed by atoms with Gasteiger partial charge in [0.1, 0.15) is 5.15 Å². The summed E-state index contributed by atoms with van der Waals surface area (Å²) >= 11 is 6.14. The van der Waals surface area contributed by atoms with E-state index in [-0.39, 0.29) is 17.7 Å². The first-order chi connectivity index (χ1) is 12.8. The molecule has 7 nitrogen and oxygen atoms in total. The maximum atomic E-state index is 12.5. The van der Waals surface area contributed by atoms with Crippen molar-refractivity contribution < 1.29 is 9.59 Å². The second kappa shape index (κ2) is 8.10. The predicted octanol–water partition coefficient (Wildman–Crippen LogP) is 2.33. The van der Waals surface area contributed by atoms with Gasteiger partial charge in [0, 0.05) is 25.8 Å². The highest BCUT2D eigenvalue weighted by atomic mass is 35.5. The van der Waals surface area contributed by atoms with E-state index < -0.39 is 0 Å². The van der Waals surface area contributed by atoms with Crippen molar-refractivity contribution >= 4 is 29.1 Å². The Labute approximate surface area is 163 Å². The third kappa shape index (κ3) is 4.48. The van der Waals surface area contributed by atoms with Gasteiger partial charge in [-0.05, 0) is 44.0 Å². The number of halogens is 1. The summed E-state index contributed by atoms with van der Waals surface area (Å²) in [4.78, 5) is 26.1. The maximum absolute atomic E-state index is 12.5. The maximum Gasteiger partial charge on any atom is 0.260 e. The summed E-state index contributed by atoms with van der Waals surface area (Å²) in [5.41, 5.74) is 8.22. The molecule has 27 heavy (non-hydrogen) atoms. The SMILES string of the molecule is Cc1nn(C)c(Cl)c1C(=O)Nc1ccc(CN2CCCC(C(N)=O)C2)cc1. The number of carbonyl (C=O) groups is 2. The number of likely N-dealkylation sites (tertiary alicyclic amines) is 1. The van der Waals surface area contributed by atoms with E-state index in [0.717, 1.165) is 31.5 Å². The molecule has 1 fully saturated rings. The summed E-state index contributed by atoms with van der Waals surface area (Å²) in [7, 11) is 1.70. The van der Waals surface area contributed by atoms with Crippen molar-refractivity contribution in [1.82, 2.24) is 14.7 Å². The molecule has 0 aliphatic carbocycles. The number of amides is 2. The molecule has 3 N–H and O–H groups in total. The number of hydrogen-bond acceptors (Lipinski definition) is 4. The van der Waals surface area contributed by atoms with E-state index in [9.17, 15) is 9.59 Å². The van der Waals surface area contributed by atoms with Crippen LogP contribution >= 0.6 is 11.6 Å². The Morgan fingerprint density at radius 1 is 1.33 bits per heavy atom. The number of aryl methyl sites for hydroxylation is 2. The normalized spacial score (nSPS) is 17.7. The third-order valence-electron chi connectivity index (χ3n) is 4.91. The average Bonchev–Trinajstić information content (AvgIpc) is 2.89. The van der Waals surface area contributed by atoms with Crippen molar-refractivity contribution in [1.29, 1.82) is 0 Å². The van der Waals surface area contributed by atoms with Crippen LogP contribution in [0.15, 0.2) is 24.3 Å². The number of aromatic nitrogens is 2. The summed E-state index contributed by atoms with van der Waals surface area (Å²) < 4.78 is 1.48. The van der Waals surface area contributed by atoms with Gasteiger partial charge in [-0.3, -0.25) is 19.2 Å². The first-order valence-corrected chi connectivity index (χ1v) is 9.34. The summed E-state index contributed by atoms with van der Waals surface area (Å²) in [6.45, 7) is 4.17. The number of primary amides is 1. The molecule has 2 aromatic rings. The summed E-state index contributed by atoms with van der Waals surface area (Å²) in [6, 6.07) is 7.67. The number of carbonyl (C=O) groups excluding carboxylic acids is 2. The molecule has 1 aromatic carbocycles. The Morgan fingerprint density at radius 2 is 2.04 bits per heavy atom. The lowest BCUT2D eigenvalue weighted by Gasteiger charge is -2.31. The van der Waals surface area contributed by atoms with E-state index in [1.807, 2.05) is 24.3 Å². The zero-order valence-corrected chi connectivity index (χ0v) is 16.3. The van der Waals surface area contributed by atoms with Crippen LogP contribution in [0.5, 0.6) is 0 Å². The molecule has 1 aromatic heterocycles. The van der Waals surface area contributed by atoms with Crippen molar-refractivity contribution in [2.45, 2.75) is 26.3 Å². The Bertz CT molecular complexity index is 847. The van der Waals surface area contributed by atoms with Crippen molar-refractivity contribution in [2.75, 3.05) is 18.4 Å². The molecule has 2 amide bonds. The topological polar surface area (TPSA) is 93.2 Å². The second-order valence-electron chi connectivity index (χ2n) is 7.00. The van der Waals surface area contributed by atoms with E-state index in [2.05, 4.69) is 15.3 Å². The molecular weight excluding hydrogens is 366 g/mol. The first-order valence-electron chi connectivity index (χ1n) is 8.96. The van der Waals surface area contributed by atoms with Gasteiger partial charge < -0.3 is 11.1 Å². The van der Waals surface area contributed by atoms with E-state index >= 15 is 0 Å². The van der Waals surface area contributed by atoms with Crippen molar-refractivity contribution in [3.05, 3.63) is 46.2 Å². The quantitative estimate of drug-likeness (QED) is 0.820. The lowest BCUT2D eigenvalue weighted by molar-refractivity contribution is -0.123. The fourth-order valence-electron chi connectivity index (χ4n) is 3.46. The summed E-state index contributed by atoms with van der Waals surface area (Å²) in [5, 5.41) is 7.33. The minimum atomic E-state index is -0.279. The van der Waals surface area contributed by atoms with Crippen LogP contribution in [0.2, 0.25) is 5.15 Å². The molecule has 0 radical (unpaired) electrons. The summed E-state index contributed by atoms with van der Waals surface area (Å²) in [5.74, 6) is -0.564. The van der Waals surface area contributed by atoms with Crippen LogP contribution in [0, 0.1) is 12.8 Å². The van der Waals surface area contributed by atoms with Crippen LogP contribution in [0.25, 0.3) is 0 Å². The van der Waals surface area contributed by atoms with Gasteiger partial charge in [-0.15, -0.1) is 0 Å². The van der Waals surface area contributed by atoms with E-state index in [4.69, 9.17) is 17.3 Å². The van der Waals surface area contributed by atoms with Crippen LogP contribution in [-0.4, -0.2) is 39.6 Å². The molecule has 1 saturated heterocycles. The molecule has 2 heterocycles. The van der Waals surface area contributed by atoms with Gasteiger partial charge in [0.25, 0.3) is 5.91 Å². The lowest BCUT2D eigenvalue weighted by atomic mass is 9.97. The molecule has 0 spiro atoms. The van der Waals surface area contributed by atoms with Crippen LogP contribution in [0.1, 0.15) is 34.5 Å². The van der Waals surface area contributed by atoms with E-state index in [1.165, 1.54) is 4.68 Å². The minimum Gasteiger partial charge on any atom is -0.369 e. The van der Waals surface area contributed by atoms with E-state index in [1.54, 1.807) is 14.0 Å². The Balaban J connectivity index is 1.62. The Kier molecular flexibility index (Phi) is 5.82. The molecule has 1 unspecified atom stereocenters. The molecule has 8 heteroatoms. The molecular formula is C19H24ClN5O2. The number of nitrogens with two attached hydrogens (primary N) is 1. The third-order valence-corrected chi connectivity index (χ3v) is 5.34. The van der Waals surface area contributed by atoms with E-state index in [0.29, 0.717) is 28.6 Å². The zero-order chi connectivity index (χ0) is 19.6. The van der Waals surface area contributed by atoms with Crippen LogP contribution < -0.4 is 11.1 Å². The fourth-order valence-corrected chi connectivity index (χ4v) is 3.72. The highest BCUT2D eigenvalue weighted by Gasteiger charge is 2.24. The van der Waals surface area contributed by atoms with Gasteiger partial charge in [-0.2, -0.15) is 5.10 Å². The van der Waals surface area contributed by atoms with Crippen LogP contribution in [-0.2, 0) is 18.4 Å². The first kappa shape index (κ1) is 19.4. The molecule has 1 aliphatic heterocycles. The number of anilines is 1. The monoisotopic (exact) mass is 389 g/mol. The highest BCUT2D eigenvalue weighted by molar-refractivity contribution is 6.33. The number of rotatable bonds is 5. The van der Waals surface area contributed by atoms with Gasteiger partial charge in [0.2, 0.25) is 5.91 Å². The second-order valence-corrected chi connectivity index (χ2v) is 7.36. The molecule has 1 atom stereocenters. The van der Waals surface area contributed by atoms with Gasteiger partial charge >= 0.3 is 0 Å². The van der Waals surface area contributed by atoms with Crippen molar-refractivity contribution in [3.8, 4) is 0 Å². The number of hydrogen-bond donors (Lipinski definition) is 2. The number of piperidine rings is 1. The highest BCUT2D eigenvalue weighted by Crippen LogP contribution is 2.22. The fraction of sp³-hybridized carbons (Fsp3) is 0.421. The Morgan fingerprint density at radius 3 is 2.63 bits per heavy atom. The van der Waals surface area contributed by atoms with Crippen LogP contribution in [0.4, 0.5) is 5.69 Å². The minimum absolute atomic E-state index is 0.0650. The molecule has 3 rings (SSSR count). The Hall–Kier alpha value is -2.38. The molecule has 0 bridgehead atoms. The van der Waals surface area contributed by atoms with Crippen LogP contribution in [0.3, 0.4) is 0 Å². The smallest absolute Gasteiger partial charge is 0.260 e. The van der Waals surface area contributed by atoms with Crippen molar-refractivity contribution in [2.24, 2.45) is 18.7 Å². The molecule has 1 aliphatic rings. The van der Waals surface area contributed by atoms with Gasteiger partial charge in [0.15, 0.2) is 0 Å². The number of nitrogens with one attached hydrogen (secondary N) is 1. The lowest BCUT2D eigenvalue weighted by Crippen LogP contribution is -2.40. The number of benzene rings is 1. The van der Waals surface area contributed by atoms with Crippen molar-refractivity contribution in [3.63, 3.8) is 0 Å². The standard InChI is InChI=1S/C19H24ClN5O2/c1-12-16(17(20)24(2)23-12)19(27)22-15-7-5-13(6-8-15)10-25-9-3-4-14(11-25)18(21)26/h5-8,14H,3-4,9-11H2,1-2H3,(H2,21,26)(H,22,27). The largest absolute Gasteiger partial charge is 0.369 e. The predicted molar refractivity (Wildman–Crippen MR) is 105 cm³/mol. The van der Waals surface area contributed by atoms with Gasteiger partial charge in [-0.25, -0.2) is 0 Å². The molecule has 0 saturated carbocycles. The van der Waals surface area contributed by atoms with Gasteiger partial charge in [0.05, 0.1) is 17.2 Å². The molecule has 144 valence electrons. The zero-order valence-electron chi connectivity index (χ0n) is 15.5. The van der Waals surface area contributed by atoms with Gasteiger partial charge in [-0.1, -0.05) is 23.7 Å². The average molecular weight is 390 g/mol. The number of nitrogens with zero attached hydrogens (tertiary/aromatic N) is 3.